The topological polar surface area (TPSA) is 67.9 Å². The maximum absolute atomic E-state index is 12.6. The van der Waals surface area contributed by atoms with Gasteiger partial charge in [-0.25, -0.2) is 13.1 Å². The molecule has 3 rings (SSSR count). The fourth-order valence-electron chi connectivity index (χ4n) is 3.44. The highest BCUT2D eigenvalue weighted by molar-refractivity contribution is 7.89. The second kappa shape index (κ2) is 7.00. The Labute approximate surface area is 144 Å². The van der Waals surface area contributed by atoms with Crippen molar-refractivity contribution in [3.05, 3.63) is 24.3 Å². The third-order valence-corrected chi connectivity index (χ3v) is 6.38. The van der Waals surface area contributed by atoms with E-state index in [9.17, 15) is 8.42 Å². The number of hydrogen-bond donors (Lipinski definition) is 1. The molecule has 0 aliphatic carbocycles. The number of benzene rings is 1. The molecule has 1 N–H and O–H groups in total. The number of fused-ring (bicyclic) bond motifs is 1. The number of rotatable bonds is 5. The van der Waals surface area contributed by atoms with Gasteiger partial charge in [-0.3, -0.25) is 4.90 Å². The van der Waals surface area contributed by atoms with Crippen LogP contribution in [-0.2, 0) is 14.8 Å². The second-order valence-electron chi connectivity index (χ2n) is 6.96. The Bertz CT molecular complexity index is 677. The standard InChI is InChI=1S/C17H26N2O4S/c1-12(2)17-10-19-9-13(7-14(19)11-23-17)18-24(20,21)16-6-4-5-15(8-16)22-3/h4-6,8,12-14,17-18H,7,9-11H2,1-3H3/t13-,14-,17+/m0/s1. The van der Waals surface area contributed by atoms with Gasteiger partial charge in [0.15, 0.2) is 0 Å². The molecule has 134 valence electrons. The van der Waals surface area contributed by atoms with Crippen molar-refractivity contribution >= 4 is 10.0 Å². The van der Waals surface area contributed by atoms with E-state index in [1.165, 1.54) is 7.11 Å². The smallest absolute Gasteiger partial charge is 0.240 e. The first kappa shape index (κ1) is 17.7. The molecule has 0 radical (unpaired) electrons. The molecule has 0 spiro atoms. The Morgan fingerprint density at radius 1 is 1.33 bits per heavy atom. The van der Waals surface area contributed by atoms with Gasteiger partial charge in [-0.1, -0.05) is 19.9 Å². The van der Waals surface area contributed by atoms with Crippen molar-refractivity contribution in [2.45, 2.75) is 43.4 Å². The Kier molecular flexibility index (Phi) is 5.15. The van der Waals surface area contributed by atoms with Crippen LogP contribution in [0.3, 0.4) is 0 Å². The van der Waals surface area contributed by atoms with Crippen LogP contribution in [0.15, 0.2) is 29.2 Å². The minimum Gasteiger partial charge on any atom is -0.497 e. The molecule has 0 bridgehead atoms. The third kappa shape index (κ3) is 3.74. The Balaban J connectivity index is 1.66. The van der Waals surface area contributed by atoms with E-state index in [2.05, 4.69) is 23.5 Å². The fraction of sp³-hybridized carbons (Fsp3) is 0.647. The van der Waals surface area contributed by atoms with Gasteiger partial charge in [0, 0.05) is 31.2 Å². The van der Waals surface area contributed by atoms with Gasteiger partial charge in [-0.05, 0) is 24.5 Å². The van der Waals surface area contributed by atoms with Gasteiger partial charge in [0.2, 0.25) is 10.0 Å². The maximum atomic E-state index is 12.6. The number of sulfonamides is 1. The van der Waals surface area contributed by atoms with Crippen LogP contribution in [0.4, 0.5) is 0 Å². The second-order valence-corrected chi connectivity index (χ2v) is 8.67. The molecule has 3 atom stereocenters. The first-order chi connectivity index (χ1) is 11.4. The van der Waals surface area contributed by atoms with E-state index in [-0.39, 0.29) is 17.0 Å². The molecule has 2 saturated heterocycles. The largest absolute Gasteiger partial charge is 0.497 e. The van der Waals surface area contributed by atoms with Crippen molar-refractivity contribution in [1.29, 1.82) is 0 Å². The summed E-state index contributed by atoms with van der Waals surface area (Å²) < 4.78 is 39.1. The zero-order valence-electron chi connectivity index (χ0n) is 14.4. The zero-order chi connectivity index (χ0) is 17.3. The van der Waals surface area contributed by atoms with Gasteiger partial charge in [0.05, 0.1) is 24.7 Å². The van der Waals surface area contributed by atoms with Gasteiger partial charge in [-0.2, -0.15) is 0 Å². The van der Waals surface area contributed by atoms with Crippen molar-refractivity contribution in [3.8, 4) is 5.75 Å². The summed E-state index contributed by atoms with van der Waals surface area (Å²) in [7, 11) is -2.02. The fourth-order valence-corrected chi connectivity index (χ4v) is 4.72. The molecule has 2 heterocycles. The van der Waals surface area contributed by atoms with E-state index < -0.39 is 10.0 Å². The lowest BCUT2D eigenvalue weighted by Crippen LogP contribution is -2.48. The van der Waals surface area contributed by atoms with Crippen LogP contribution < -0.4 is 9.46 Å². The van der Waals surface area contributed by atoms with Crippen molar-refractivity contribution in [2.24, 2.45) is 5.92 Å². The molecule has 6 nitrogen and oxygen atoms in total. The molecule has 2 fully saturated rings. The molecular formula is C17H26N2O4S. The number of methoxy groups -OCH3 is 1. The molecule has 0 amide bonds. The SMILES string of the molecule is COc1cccc(S(=O)(=O)N[C@H]2C[C@H]3CO[C@@H](C(C)C)CN3C2)c1. The number of nitrogens with zero attached hydrogens (tertiary/aromatic N) is 1. The molecule has 0 unspecified atom stereocenters. The quantitative estimate of drug-likeness (QED) is 0.867. The van der Waals surface area contributed by atoms with Crippen LogP contribution in [0.5, 0.6) is 5.75 Å². The first-order valence-corrected chi connectivity index (χ1v) is 9.89. The molecule has 24 heavy (non-hydrogen) atoms. The van der Waals surface area contributed by atoms with Crippen molar-refractivity contribution in [1.82, 2.24) is 9.62 Å². The van der Waals surface area contributed by atoms with Crippen LogP contribution >= 0.6 is 0 Å². The monoisotopic (exact) mass is 354 g/mol. The highest BCUT2D eigenvalue weighted by atomic mass is 32.2. The van der Waals surface area contributed by atoms with E-state index in [1.54, 1.807) is 24.3 Å². The summed E-state index contributed by atoms with van der Waals surface area (Å²) in [5, 5.41) is 0. The molecular weight excluding hydrogens is 328 g/mol. The van der Waals surface area contributed by atoms with Crippen LogP contribution in [0.25, 0.3) is 0 Å². The summed E-state index contributed by atoms with van der Waals surface area (Å²) in [4.78, 5) is 2.59. The maximum Gasteiger partial charge on any atom is 0.240 e. The zero-order valence-corrected chi connectivity index (χ0v) is 15.3. The first-order valence-electron chi connectivity index (χ1n) is 8.41. The summed E-state index contributed by atoms with van der Waals surface area (Å²) in [6.45, 7) is 6.61. The predicted octanol–water partition coefficient (Wildman–Crippen LogP) is 1.47. The minimum absolute atomic E-state index is 0.0827. The minimum atomic E-state index is -3.55. The highest BCUT2D eigenvalue weighted by Gasteiger charge is 2.39. The molecule has 2 aliphatic heterocycles. The number of nitrogens with one attached hydrogen (secondary N) is 1. The highest BCUT2D eigenvalue weighted by Crippen LogP contribution is 2.27. The molecule has 1 aromatic carbocycles. The average molecular weight is 354 g/mol. The van der Waals surface area contributed by atoms with E-state index in [4.69, 9.17) is 9.47 Å². The molecule has 1 aromatic rings. The van der Waals surface area contributed by atoms with Crippen molar-refractivity contribution in [2.75, 3.05) is 26.8 Å². The molecule has 0 aromatic heterocycles. The van der Waals surface area contributed by atoms with Gasteiger partial charge in [0.25, 0.3) is 0 Å². The predicted molar refractivity (Wildman–Crippen MR) is 91.7 cm³/mol. The lowest BCUT2D eigenvalue weighted by atomic mass is 10.0. The van der Waals surface area contributed by atoms with Gasteiger partial charge >= 0.3 is 0 Å². The number of morpholine rings is 1. The lowest BCUT2D eigenvalue weighted by molar-refractivity contribution is -0.0683. The average Bonchev–Trinajstić information content (AvgIpc) is 2.95. The van der Waals surface area contributed by atoms with Crippen LogP contribution in [0.2, 0.25) is 0 Å². The number of ether oxygens (including phenoxy) is 2. The van der Waals surface area contributed by atoms with E-state index in [0.29, 0.717) is 24.3 Å². The summed E-state index contributed by atoms with van der Waals surface area (Å²) in [6.07, 6.45) is 1.02. The third-order valence-electron chi connectivity index (χ3n) is 4.86. The Morgan fingerprint density at radius 2 is 2.12 bits per heavy atom. The van der Waals surface area contributed by atoms with Gasteiger partial charge < -0.3 is 9.47 Å². The van der Waals surface area contributed by atoms with Gasteiger partial charge in [-0.15, -0.1) is 0 Å². The number of hydrogen-bond acceptors (Lipinski definition) is 5. The van der Waals surface area contributed by atoms with Crippen molar-refractivity contribution < 1.29 is 17.9 Å². The lowest BCUT2D eigenvalue weighted by Gasteiger charge is -2.36. The van der Waals surface area contributed by atoms with E-state index >= 15 is 0 Å². The van der Waals surface area contributed by atoms with Crippen LogP contribution in [-0.4, -0.2) is 58.3 Å². The summed E-state index contributed by atoms with van der Waals surface area (Å²) in [5.41, 5.74) is 0. The Hall–Kier alpha value is -1.15. The molecule has 0 saturated carbocycles. The van der Waals surface area contributed by atoms with Crippen LogP contribution in [0, 0.1) is 5.92 Å². The summed E-state index contributed by atoms with van der Waals surface area (Å²) in [5.74, 6) is 1.01. The summed E-state index contributed by atoms with van der Waals surface area (Å²) in [6, 6.07) is 6.77. The van der Waals surface area contributed by atoms with Gasteiger partial charge in [0.1, 0.15) is 5.75 Å². The molecule has 2 aliphatic rings. The Morgan fingerprint density at radius 3 is 2.83 bits per heavy atom. The summed E-state index contributed by atoms with van der Waals surface area (Å²) >= 11 is 0. The van der Waals surface area contributed by atoms with E-state index in [0.717, 1.165) is 19.5 Å². The van der Waals surface area contributed by atoms with Crippen LogP contribution in [0.1, 0.15) is 20.3 Å². The normalized spacial score (nSPS) is 28.1. The van der Waals surface area contributed by atoms with Crippen molar-refractivity contribution in [3.63, 3.8) is 0 Å². The molecule has 7 heteroatoms. The van der Waals surface area contributed by atoms with E-state index in [1.807, 2.05) is 0 Å².